The van der Waals surface area contributed by atoms with E-state index in [9.17, 15) is 5.11 Å². The Morgan fingerprint density at radius 1 is 0.600 bits per heavy atom. The zero-order chi connectivity index (χ0) is 27.7. The quantitative estimate of drug-likeness (QED) is 0.0970. The fourth-order valence-corrected chi connectivity index (χ4v) is 3.18. The number of aromatic nitrogens is 3. The predicted octanol–water partition coefficient (Wildman–Crippen LogP) is 4.54. The van der Waals surface area contributed by atoms with Crippen molar-refractivity contribution in [3.8, 4) is 11.1 Å². The largest absolute Gasteiger partial charge is 2.00 e. The van der Waals surface area contributed by atoms with E-state index < -0.39 is 5.09 Å². The molecule has 0 atom stereocenters. The first-order valence-electron chi connectivity index (χ1n) is 11.5. The second-order valence-corrected chi connectivity index (χ2v) is 7.50. The zero-order valence-corrected chi connectivity index (χ0v) is 21.8. The van der Waals surface area contributed by atoms with Crippen LogP contribution in [0.15, 0.2) is 144 Å². The molecule has 0 N–H and O–H groups in total. The van der Waals surface area contributed by atoms with E-state index in [2.05, 4.69) is 25.2 Å². The van der Waals surface area contributed by atoms with Crippen LogP contribution >= 0.6 is 0 Å². The zero-order valence-electron chi connectivity index (χ0n) is 20.8. The third-order valence-corrected chi connectivity index (χ3v) is 4.91. The van der Waals surface area contributed by atoms with Crippen molar-refractivity contribution in [2.24, 2.45) is 10.2 Å². The van der Waals surface area contributed by atoms with Gasteiger partial charge in [-0.05, 0) is 53.1 Å². The van der Waals surface area contributed by atoms with Gasteiger partial charge in [-0.3, -0.25) is 15.0 Å². The fourth-order valence-electron chi connectivity index (χ4n) is 3.18. The van der Waals surface area contributed by atoms with Gasteiger partial charge < -0.3 is 20.4 Å². The summed E-state index contributed by atoms with van der Waals surface area (Å²) in [4.78, 5) is 20.5. The van der Waals surface area contributed by atoms with Crippen LogP contribution in [0.3, 0.4) is 0 Å². The van der Waals surface area contributed by atoms with Crippen LogP contribution in [0.25, 0.3) is 11.1 Å². The van der Waals surface area contributed by atoms with Crippen LogP contribution in [0.2, 0.25) is 0 Å². The van der Waals surface area contributed by atoms with Crippen molar-refractivity contribution < 1.29 is 27.3 Å². The summed E-state index contributed by atoms with van der Waals surface area (Å²) in [6, 6.07) is 31.9. The molecule has 3 aromatic heterocycles. The van der Waals surface area contributed by atoms with Crippen molar-refractivity contribution in [2.75, 3.05) is 0 Å². The molecule has 0 saturated carbocycles. The van der Waals surface area contributed by atoms with Gasteiger partial charge in [-0.25, -0.2) is 0 Å². The Morgan fingerprint density at radius 2 is 1.05 bits per heavy atom. The van der Waals surface area contributed by atoms with E-state index in [0.717, 1.165) is 5.56 Å². The molecule has 0 unspecified atom stereocenters. The first kappa shape index (κ1) is 31.0. The maximum atomic E-state index is 12.1. The smallest absolute Gasteiger partial charge is 0.857 e. The van der Waals surface area contributed by atoms with Crippen molar-refractivity contribution in [2.45, 2.75) is 0 Å². The van der Waals surface area contributed by atoms with Crippen LogP contribution in [0.1, 0.15) is 16.8 Å². The molecule has 10 nitrogen and oxygen atoms in total. The number of nitrogens with zero attached hydrogens (tertiary/aromatic N) is 6. The number of rotatable bonds is 5. The second kappa shape index (κ2) is 17.3. The van der Waals surface area contributed by atoms with Gasteiger partial charge in [0, 0.05) is 42.4 Å². The van der Waals surface area contributed by atoms with Crippen LogP contribution in [0.5, 0.6) is 0 Å². The van der Waals surface area contributed by atoms with E-state index in [1.807, 2.05) is 78.9 Å². The third kappa shape index (κ3) is 10.6. The van der Waals surface area contributed by atoms with E-state index in [1.54, 1.807) is 55.2 Å². The maximum Gasteiger partial charge on any atom is 2.00 e. The Bertz CT molecular complexity index is 1390. The Kier molecular flexibility index (Phi) is 13.4. The van der Waals surface area contributed by atoms with Crippen molar-refractivity contribution in [1.82, 2.24) is 15.0 Å². The van der Waals surface area contributed by atoms with Crippen molar-refractivity contribution >= 4 is 11.6 Å². The van der Waals surface area contributed by atoms with Crippen LogP contribution in [0.4, 0.5) is 0 Å². The van der Waals surface area contributed by atoms with Gasteiger partial charge >= 0.3 is 17.1 Å². The van der Waals surface area contributed by atoms with Gasteiger partial charge in [0.15, 0.2) is 0 Å². The summed E-state index contributed by atoms with van der Waals surface area (Å²) < 4.78 is 0. The van der Waals surface area contributed by atoms with Gasteiger partial charge in [-0.1, -0.05) is 66.7 Å². The van der Waals surface area contributed by atoms with Gasteiger partial charge in [0.25, 0.3) is 0 Å². The summed E-state index contributed by atoms with van der Waals surface area (Å²) in [5.41, 5.74) is 4.94. The molecule has 11 heteroatoms. The average Bonchev–Trinajstić information content (AvgIpc) is 3.00. The molecule has 0 amide bonds. The molecule has 2 aromatic carbocycles. The van der Waals surface area contributed by atoms with Gasteiger partial charge in [-0.15, -0.1) is 5.10 Å². The minimum absolute atomic E-state index is 0. The molecular weight excluding hydrogens is 560 g/mol. The molecule has 0 aliphatic heterocycles. The minimum Gasteiger partial charge on any atom is -0.857 e. The first-order chi connectivity index (χ1) is 19.0. The normalized spacial score (nSPS) is 10.5. The minimum atomic E-state index is -1.75. The summed E-state index contributed by atoms with van der Waals surface area (Å²) in [5.74, 6) is -0.380. The molecule has 3 heterocycles. The molecule has 5 rings (SSSR count). The van der Waals surface area contributed by atoms with E-state index in [1.165, 1.54) is 11.1 Å². The summed E-state index contributed by atoms with van der Waals surface area (Å²) >= 11 is 0. The van der Waals surface area contributed by atoms with Crippen LogP contribution in [0, 0.1) is 15.3 Å². The molecule has 0 aliphatic carbocycles. The molecular formula is C29H22CuN6O4. The van der Waals surface area contributed by atoms with Gasteiger partial charge in [0.2, 0.25) is 0 Å². The van der Waals surface area contributed by atoms with Crippen molar-refractivity contribution in [1.29, 1.82) is 0 Å². The van der Waals surface area contributed by atoms with E-state index >= 15 is 0 Å². The molecule has 0 bridgehead atoms. The summed E-state index contributed by atoms with van der Waals surface area (Å²) in [6.45, 7) is 0. The Balaban J connectivity index is 0.000000276. The van der Waals surface area contributed by atoms with Crippen LogP contribution in [-0.4, -0.2) is 31.6 Å². The Morgan fingerprint density at radius 3 is 1.50 bits per heavy atom. The average molecular weight is 582 g/mol. The molecule has 0 aliphatic rings. The molecule has 0 spiro atoms. The molecule has 40 heavy (non-hydrogen) atoms. The Labute approximate surface area is 241 Å². The standard InChI is InChI=1S/C19H15N3O.C10H8N2.Cu.NO3/c23-19(16-11-5-2-6-12-16)22-21-18(15-9-3-1-4-10-15)17-13-7-8-14-20-17;1-5-11-6-2-9(1)10-3-7-12-8-4-10;;2-1(3)4/h1-14H,(H,22,23);1-8H;;/q;;+2;-1/p-1/b21-18+;;;. The van der Waals surface area contributed by atoms with Crippen LogP contribution < -0.4 is 5.11 Å². The SMILES string of the molecule is O=[N+]([O-])[O-].[Cu+2].[O-]/C(=N\N=C(/c1ccccc1)c1ccccn1)c1ccccc1.c1cc(-c2ccncc2)ccn1. The molecule has 1 radical (unpaired) electrons. The first-order valence-corrected chi connectivity index (χ1v) is 11.5. The topological polar surface area (TPSA) is 153 Å². The fraction of sp³-hybridized carbons (Fsp3) is 0. The molecule has 0 fully saturated rings. The van der Waals surface area contributed by atoms with E-state index in [4.69, 9.17) is 15.3 Å². The van der Waals surface area contributed by atoms with Crippen molar-refractivity contribution in [3.63, 3.8) is 0 Å². The molecule has 5 aromatic rings. The summed E-state index contributed by atoms with van der Waals surface area (Å²) in [6.07, 6.45) is 8.84. The van der Waals surface area contributed by atoms with Crippen LogP contribution in [-0.2, 0) is 17.1 Å². The van der Waals surface area contributed by atoms with Gasteiger partial charge in [-0.2, -0.15) is 5.10 Å². The number of benzene rings is 2. The number of pyridine rings is 3. The number of hydrogen-bond acceptors (Lipinski definition) is 9. The number of hydrogen-bond donors (Lipinski definition) is 0. The summed E-state index contributed by atoms with van der Waals surface area (Å²) in [7, 11) is 0. The molecule has 203 valence electrons. The van der Waals surface area contributed by atoms with Gasteiger partial charge in [0.05, 0.1) is 10.8 Å². The molecule has 0 saturated heterocycles. The van der Waals surface area contributed by atoms with E-state index in [-0.39, 0.29) is 23.0 Å². The predicted molar refractivity (Wildman–Crippen MR) is 147 cm³/mol. The van der Waals surface area contributed by atoms with Crippen molar-refractivity contribution in [3.05, 3.63) is 166 Å². The van der Waals surface area contributed by atoms with Gasteiger partial charge in [0.1, 0.15) is 5.71 Å². The summed E-state index contributed by atoms with van der Waals surface area (Å²) in [5, 5.41) is 34.9. The van der Waals surface area contributed by atoms with E-state index in [0.29, 0.717) is 17.0 Å². The monoisotopic (exact) mass is 581 g/mol. The third-order valence-electron chi connectivity index (χ3n) is 4.91. The second-order valence-electron chi connectivity index (χ2n) is 7.50. The maximum absolute atomic E-state index is 12.1. The Hall–Kier alpha value is -5.25.